The fourth-order valence-electron chi connectivity index (χ4n) is 13.1. The summed E-state index contributed by atoms with van der Waals surface area (Å²) in [4.78, 5) is 80.0. The van der Waals surface area contributed by atoms with Crippen LogP contribution >= 0.6 is 0 Å². The number of aliphatic carboxylic acids is 3. The van der Waals surface area contributed by atoms with Crippen molar-refractivity contribution in [1.29, 1.82) is 0 Å². The topological polar surface area (TPSA) is 332 Å². The first-order chi connectivity index (χ1) is 53.4. The maximum Gasteiger partial charge on any atom is 0.341 e. The fraction of sp³-hybridized carbons (Fsp3) is 0.280. The summed E-state index contributed by atoms with van der Waals surface area (Å²) in [6, 6.07) is 35.4. The number of benzene rings is 6. The van der Waals surface area contributed by atoms with E-state index in [4.69, 9.17) is 71.8 Å². The van der Waals surface area contributed by atoms with Gasteiger partial charge in [-0.25, -0.2) is 23.2 Å². The summed E-state index contributed by atoms with van der Waals surface area (Å²) in [7, 11) is 14.5. The maximum atomic E-state index is 14.2. The molecule has 3 unspecified atom stereocenters. The van der Waals surface area contributed by atoms with Gasteiger partial charge in [0.15, 0.2) is 54.3 Å². The zero-order chi connectivity index (χ0) is 79.6. The van der Waals surface area contributed by atoms with Crippen LogP contribution in [0.1, 0.15) is 110 Å². The van der Waals surface area contributed by atoms with Crippen LogP contribution in [0.4, 0.5) is 8.78 Å². The summed E-state index contributed by atoms with van der Waals surface area (Å²) in [5.41, 5.74) is 11.8. The Morgan fingerprint density at radius 3 is 1.31 bits per heavy atom. The zero-order valence-electron chi connectivity index (χ0n) is 62.6. The molecule has 3 aromatic heterocycles. The van der Waals surface area contributed by atoms with Gasteiger partial charge >= 0.3 is 17.9 Å². The third kappa shape index (κ3) is 20.1. The van der Waals surface area contributed by atoms with Gasteiger partial charge in [0.25, 0.3) is 0 Å². The second kappa shape index (κ2) is 37.1. The van der Waals surface area contributed by atoms with E-state index < -0.39 is 61.4 Å². The lowest BCUT2D eigenvalue weighted by Gasteiger charge is -2.24. The average molecular weight is 1530 g/mol. The number of carbonyl (C=O) groups is 6. The van der Waals surface area contributed by atoms with Crippen LogP contribution in [-0.2, 0) is 61.9 Å². The Morgan fingerprint density at radius 1 is 0.486 bits per heavy atom. The molecule has 0 aliphatic carbocycles. The van der Waals surface area contributed by atoms with E-state index >= 15 is 0 Å². The predicted molar refractivity (Wildman–Crippen MR) is 404 cm³/mol. The van der Waals surface area contributed by atoms with Gasteiger partial charge < -0.3 is 97.1 Å². The minimum atomic E-state index is -1.13. The largest absolute Gasteiger partial charge is 0.493 e. The minimum absolute atomic E-state index is 0.0278. The number of carbonyl (C=O) groups excluding carboxylic acids is 3. The normalized spacial score (nSPS) is 15.0. The lowest BCUT2D eigenvalue weighted by Crippen LogP contribution is -2.28. The van der Waals surface area contributed by atoms with Crippen LogP contribution in [0.15, 0.2) is 160 Å². The first-order valence-corrected chi connectivity index (χ1v) is 34.8. The van der Waals surface area contributed by atoms with E-state index in [1.54, 1.807) is 72.8 Å². The van der Waals surface area contributed by atoms with Crippen LogP contribution in [0, 0.1) is 18.6 Å². The van der Waals surface area contributed by atoms with Crippen molar-refractivity contribution in [2.45, 2.75) is 70.4 Å². The number of aryl methyl sites for hydroxylation is 2. The summed E-state index contributed by atoms with van der Waals surface area (Å²) >= 11 is 0. The Hall–Kier alpha value is -13.2. The van der Waals surface area contributed by atoms with E-state index in [0.29, 0.717) is 87.8 Å². The van der Waals surface area contributed by atoms with Crippen LogP contribution in [0.5, 0.6) is 51.7 Å². The van der Waals surface area contributed by atoms with E-state index in [2.05, 4.69) is 39.0 Å². The Labute approximate surface area is 638 Å². The van der Waals surface area contributed by atoms with Gasteiger partial charge in [-0.15, -0.1) is 0 Å². The molecule has 6 N–H and O–H groups in total. The van der Waals surface area contributed by atoms with Crippen molar-refractivity contribution >= 4 is 64.9 Å². The highest BCUT2D eigenvalue weighted by molar-refractivity contribution is 6.06. The van der Waals surface area contributed by atoms with Gasteiger partial charge in [-0.2, -0.15) is 0 Å². The number of hydrogen-bond donors (Lipinski definition) is 6. The number of amides is 3. The molecule has 3 aliphatic heterocycles. The number of ether oxygens (including phenoxy) is 9. The lowest BCUT2D eigenvalue weighted by atomic mass is 9.96. The van der Waals surface area contributed by atoms with Gasteiger partial charge in [-0.05, 0) is 162 Å². The highest BCUT2D eigenvalue weighted by atomic mass is 19.1. The number of carboxylic acids is 3. The van der Waals surface area contributed by atoms with Crippen LogP contribution in [0.2, 0.25) is 0 Å². The molecule has 0 spiro atoms. The average Bonchev–Trinajstić information content (AvgIpc) is 1.63. The number of nitrogens with one attached hydrogen (secondary N) is 3. The number of nitrogens with zero attached hydrogens (tertiary/aromatic N) is 4. The number of aromatic nitrogens is 1. The molecule has 9 aromatic rings. The molecule has 0 fully saturated rings. The molecule has 29 heteroatoms. The number of carboxylic acid groups (broad SMARTS) is 3. The van der Waals surface area contributed by atoms with Gasteiger partial charge in [0.05, 0.1) is 112 Å². The molecule has 27 nitrogen and oxygen atoms in total. The minimum Gasteiger partial charge on any atom is -0.493 e. The standard InChI is InChI=1S/C29H33N3O6.C27H27FN2O7.C26H25FN2O7/c1-18-8-9-21-22(11-18)24(15-27(33)30-16-20-7-6-10-31(20)2)32(3)23(21)12-19-13-25(36-4)29(26(14-19)37-5)38-17-28(34)35;1-30-21(9-16-10-23(34-2)27(24(11-16)35-3)37-15-26(32)33)19-7-6-17(28)12-20(19)22(30)13-25(31)29-14-18-5-4-8-36-18;1-33-22-9-15(10-23(34-2)26(22)36-14-25(31)32)8-20-18-6-5-16(27)11-19(18)21(29-20)12-24(30)28-13-17-4-3-7-35-17/h6-14,24H,15-17H2,1-5H3,(H,30,33)(H,34,35);4-12,22H,13-15H2,1-3H3,(H,29,31)(H,32,33);3-7,9-11,21H,8,12-14H2,1-2H3,(H,28,30)(H,31,32)/b23-12+;21-9+;. The molecule has 6 heterocycles. The second-order valence-corrected chi connectivity index (χ2v) is 25.7. The van der Waals surface area contributed by atoms with E-state index in [1.165, 1.54) is 79.5 Å². The summed E-state index contributed by atoms with van der Waals surface area (Å²) in [5, 5.41) is 35.6. The molecule has 0 saturated heterocycles. The Bertz CT molecular complexity index is 4880. The molecule has 3 atom stereocenters. The van der Waals surface area contributed by atoms with Crippen molar-refractivity contribution in [2.24, 2.45) is 12.0 Å². The van der Waals surface area contributed by atoms with Crippen LogP contribution in [0.25, 0.3) is 23.5 Å². The molecule has 0 saturated carbocycles. The van der Waals surface area contributed by atoms with Gasteiger partial charge in [0.1, 0.15) is 23.2 Å². The number of halogens is 2. The molecular formula is C82H85F2N7O20. The van der Waals surface area contributed by atoms with E-state index in [1.807, 2.05) is 68.0 Å². The quantitative estimate of drug-likeness (QED) is 0.0235. The van der Waals surface area contributed by atoms with Crippen LogP contribution < -0.4 is 58.6 Å². The van der Waals surface area contributed by atoms with Crippen molar-refractivity contribution < 1.29 is 104 Å². The van der Waals surface area contributed by atoms with E-state index in [0.717, 1.165) is 56.0 Å². The molecule has 582 valence electrons. The first-order valence-electron chi connectivity index (χ1n) is 34.8. The number of rotatable bonds is 31. The highest BCUT2D eigenvalue weighted by Crippen LogP contribution is 2.48. The van der Waals surface area contributed by atoms with Crippen LogP contribution in [0.3, 0.4) is 0 Å². The molecule has 12 rings (SSSR count). The molecule has 0 radical (unpaired) electrons. The SMILES string of the molecule is COc1cc(/C=C2\c3ccc(C)cc3C(CC(=O)NCc3cccn3C)N2C)cc(OC)c1OCC(=O)O.COc1cc(/C=C2\c3ccc(F)cc3C(CC(=O)NCc3ccco3)N2C)cc(OC)c1OCC(=O)O.COc1cc(CC2=NC(CC(=O)NCc3ccco3)c3cc(F)ccc32)cc(OC)c1OCC(=O)O. The van der Waals surface area contributed by atoms with Crippen molar-refractivity contribution in [3.63, 3.8) is 0 Å². The van der Waals surface area contributed by atoms with Crippen molar-refractivity contribution in [2.75, 3.05) is 76.6 Å². The molecule has 3 amide bonds. The van der Waals surface area contributed by atoms with E-state index in [-0.39, 0.29) is 66.9 Å². The third-order valence-corrected chi connectivity index (χ3v) is 18.4. The van der Waals surface area contributed by atoms with Crippen LogP contribution in [-0.4, -0.2) is 148 Å². The van der Waals surface area contributed by atoms with Gasteiger partial charge in [0.2, 0.25) is 35.0 Å². The molecule has 3 aliphatic rings. The van der Waals surface area contributed by atoms with Crippen molar-refractivity contribution in [3.8, 4) is 51.7 Å². The second-order valence-electron chi connectivity index (χ2n) is 25.7. The lowest BCUT2D eigenvalue weighted by molar-refractivity contribution is -0.140. The maximum absolute atomic E-state index is 14.2. The Morgan fingerprint density at radius 2 is 0.892 bits per heavy atom. The smallest absolute Gasteiger partial charge is 0.341 e. The van der Waals surface area contributed by atoms with Gasteiger partial charge in [-0.1, -0.05) is 23.8 Å². The molecular weight excluding hydrogens is 1440 g/mol. The summed E-state index contributed by atoms with van der Waals surface area (Å²) in [6.45, 7) is 1.40. The Balaban J connectivity index is 0.000000177. The summed E-state index contributed by atoms with van der Waals surface area (Å²) in [5.74, 6) is -0.881. The fourth-order valence-corrected chi connectivity index (χ4v) is 13.1. The third-order valence-electron chi connectivity index (χ3n) is 18.4. The number of methoxy groups -OCH3 is 6. The van der Waals surface area contributed by atoms with Gasteiger partial charge in [0, 0.05) is 73.3 Å². The molecule has 6 aromatic carbocycles. The number of hydrogen-bond acceptors (Lipinski definition) is 20. The highest BCUT2D eigenvalue weighted by Gasteiger charge is 2.36. The predicted octanol–water partition coefficient (Wildman–Crippen LogP) is 11.8. The van der Waals surface area contributed by atoms with E-state index in [9.17, 15) is 37.5 Å². The van der Waals surface area contributed by atoms with Crippen molar-refractivity contribution in [3.05, 3.63) is 231 Å². The van der Waals surface area contributed by atoms with Crippen molar-refractivity contribution in [1.82, 2.24) is 30.3 Å². The first kappa shape index (κ1) is 80.3. The zero-order valence-corrected chi connectivity index (χ0v) is 62.6. The number of fused-ring (bicyclic) bond motifs is 3. The molecule has 111 heavy (non-hydrogen) atoms. The molecule has 0 bridgehead atoms. The number of aliphatic imine (C=N–C) groups is 1. The number of furan rings is 2. The Kier molecular flexibility index (Phi) is 26.8. The van der Waals surface area contributed by atoms with Gasteiger partial charge in [-0.3, -0.25) is 19.4 Å². The summed E-state index contributed by atoms with van der Waals surface area (Å²) in [6.07, 6.45) is 9.70. The summed E-state index contributed by atoms with van der Waals surface area (Å²) < 4.78 is 89.5. The monoisotopic (exact) mass is 1530 g/mol.